The van der Waals surface area contributed by atoms with Crippen LogP contribution in [0.5, 0.6) is 5.75 Å². The predicted molar refractivity (Wildman–Crippen MR) is 156 cm³/mol. The first-order valence-corrected chi connectivity index (χ1v) is 13.5. The van der Waals surface area contributed by atoms with Crippen molar-refractivity contribution in [3.05, 3.63) is 95.4 Å². The number of fused-ring (bicyclic) bond motifs is 4. The fraction of sp³-hybridized carbons (Fsp3) is 0.219. The Kier molecular flexibility index (Phi) is 6.82. The molecule has 0 bridgehead atoms. The average Bonchev–Trinajstić information content (AvgIpc) is 3.50. The number of anilines is 1. The summed E-state index contributed by atoms with van der Waals surface area (Å²) < 4.78 is 13.8. The zero-order valence-corrected chi connectivity index (χ0v) is 22.5. The van der Waals surface area contributed by atoms with Gasteiger partial charge in [-0.25, -0.2) is 5.43 Å². The van der Waals surface area contributed by atoms with Gasteiger partial charge in [-0.2, -0.15) is 5.10 Å². The largest absolute Gasteiger partial charge is 0.484 e. The van der Waals surface area contributed by atoms with Gasteiger partial charge in [0.25, 0.3) is 11.8 Å². The molecule has 2 N–H and O–H groups in total. The number of hydrazone groups is 1. The van der Waals surface area contributed by atoms with Crippen molar-refractivity contribution in [3.8, 4) is 5.75 Å². The van der Waals surface area contributed by atoms with Gasteiger partial charge in [0.1, 0.15) is 11.5 Å². The Morgan fingerprint density at radius 1 is 0.975 bits per heavy atom. The van der Waals surface area contributed by atoms with Crippen LogP contribution in [0.1, 0.15) is 47.2 Å². The minimum absolute atomic E-state index is 0.146. The summed E-state index contributed by atoms with van der Waals surface area (Å²) in [5.74, 6) is 0.910. The highest BCUT2D eigenvalue weighted by Gasteiger charge is 2.28. The molecule has 2 heterocycles. The molecule has 1 aliphatic carbocycles. The third-order valence-electron chi connectivity index (χ3n) is 7.31. The number of aryl methyl sites for hydroxylation is 2. The molecule has 0 atom stereocenters. The van der Waals surface area contributed by atoms with Crippen molar-refractivity contribution in [2.45, 2.75) is 39.7 Å². The lowest BCUT2D eigenvalue weighted by atomic mass is 9.93. The molecule has 8 nitrogen and oxygen atoms in total. The number of benzene rings is 3. The molecule has 0 radical (unpaired) electrons. The van der Waals surface area contributed by atoms with Crippen LogP contribution >= 0.6 is 0 Å². The summed E-state index contributed by atoms with van der Waals surface area (Å²) in [6.45, 7) is 4.70. The van der Waals surface area contributed by atoms with E-state index in [1.54, 1.807) is 12.1 Å². The van der Waals surface area contributed by atoms with E-state index in [4.69, 9.17) is 9.15 Å². The van der Waals surface area contributed by atoms with Gasteiger partial charge in [-0.1, -0.05) is 36.4 Å². The molecule has 0 fully saturated rings. The number of carbonyl (C=O) groups excluding carboxylic acids is 2. The molecule has 40 heavy (non-hydrogen) atoms. The van der Waals surface area contributed by atoms with E-state index in [-0.39, 0.29) is 24.2 Å². The highest BCUT2D eigenvalue weighted by Crippen LogP contribution is 2.33. The van der Waals surface area contributed by atoms with Crippen LogP contribution in [0.2, 0.25) is 0 Å². The normalized spacial score (nSPS) is 13.9. The summed E-state index contributed by atoms with van der Waals surface area (Å²) in [6, 6.07) is 23.4. The Morgan fingerprint density at radius 2 is 1.75 bits per heavy atom. The maximum absolute atomic E-state index is 13.4. The van der Waals surface area contributed by atoms with Crippen LogP contribution in [0.15, 0.2) is 82.3 Å². The lowest BCUT2D eigenvalue weighted by molar-refractivity contribution is -0.123. The van der Waals surface area contributed by atoms with Crippen LogP contribution in [0.25, 0.3) is 21.8 Å². The molecule has 3 aromatic carbocycles. The quantitative estimate of drug-likeness (QED) is 0.243. The second-order valence-electron chi connectivity index (χ2n) is 9.85. The van der Waals surface area contributed by atoms with Gasteiger partial charge in [-0.15, -0.1) is 0 Å². The molecule has 0 saturated carbocycles. The van der Waals surface area contributed by atoms with Crippen LogP contribution in [0.3, 0.4) is 0 Å². The number of aromatic nitrogens is 1. The molecule has 2 amide bonds. The van der Waals surface area contributed by atoms with Crippen molar-refractivity contribution < 1.29 is 18.7 Å². The van der Waals surface area contributed by atoms with Crippen molar-refractivity contribution >= 4 is 45.0 Å². The number of nitrogens with zero attached hydrogens (tertiary/aromatic N) is 2. The van der Waals surface area contributed by atoms with Gasteiger partial charge in [-0.3, -0.25) is 9.59 Å². The third kappa shape index (κ3) is 4.73. The summed E-state index contributed by atoms with van der Waals surface area (Å²) in [7, 11) is 0. The Bertz CT molecular complexity index is 1760. The number of rotatable bonds is 7. The third-order valence-corrected chi connectivity index (χ3v) is 7.31. The van der Waals surface area contributed by atoms with Crippen LogP contribution in [0.4, 0.5) is 5.69 Å². The van der Waals surface area contributed by atoms with E-state index < -0.39 is 0 Å². The van der Waals surface area contributed by atoms with Gasteiger partial charge in [0.05, 0.1) is 5.71 Å². The van der Waals surface area contributed by atoms with E-state index in [0.29, 0.717) is 41.3 Å². The number of ether oxygens (including phenoxy) is 1. The van der Waals surface area contributed by atoms with Gasteiger partial charge in [0.15, 0.2) is 12.4 Å². The lowest BCUT2D eigenvalue weighted by Crippen LogP contribution is -2.27. The topological polar surface area (TPSA) is 97.9 Å². The van der Waals surface area contributed by atoms with Crippen molar-refractivity contribution in [1.29, 1.82) is 0 Å². The number of carbonyl (C=O) groups is 2. The Balaban J connectivity index is 1.21. The molecule has 1 aliphatic rings. The van der Waals surface area contributed by atoms with E-state index in [9.17, 15) is 9.59 Å². The number of hydrogen-bond acceptors (Lipinski definition) is 5. The molecule has 0 spiro atoms. The maximum Gasteiger partial charge on any atom is 0.291 e. The second-order valence-corrected chi connectivity index (χ2v) is 9.85. The molecule has 0 aliphatic heterocycles. The predicted octanol–water partition coefficient (Wildman–Crippen LogP) is 6.20. The minimum Gasteiger partial charge on any atom is -0.484 e. The van der Waals surface area contributed by atoms with E-state index in [0.717, 1.165) is 34.8 Å². The smallest absolute Gasteiger partial charge is 0.291 e. The molecule has 0 unspecified atom stereocenters. The first-order chi connectivity index (χ1) is 19.5. The minimum atomic E-state index is -0.359. The fourth-order valence-corrected chi connectivity index (χ4v) is 5.48. The molecule has 2 aromatic heterocycles. The van der Waals surface area contributed by atoms with Gasteiger partial charge in [-0.05, 0) is 63.1 Å². The maximum atomic E-state index is 13.4. The summed E-state index contributed by atoms with van der Waals surface area (Å²) in [6.07, 6.45) is 2.19. The van der Waals surface area contributed by atoms with Crippen LogP contribution in [-0.2, 0) is 17.8 Å². The fourth-order valence-electron chi connectivity index (χ4n) is 5.48. The molecule has 5 aromatic rings. The van der Waals surface area contributed by atoms with Gasteiger partial charge < -0.3 is 19.0 Å². The summed E-state index contributed by atoms with van der Waals surface area (Å²) in [5.41, 5.74) is 7.79. The van der Waals surface area contributed by atoms with Crippen molar-refractivity contribution in [3.63, 3.8) is 0 Å². The molecular formula is C32H30N4O4. The average molecular weight is 535 g/mol. The number of para-hydroxylation sites is 2. The standard InChI is InChI=1S/C32H30N4O4/c1-3-36-26-14-8-7-12-23(26)24-18-21(16-17-27(24)36)33-32(38)31-20(2)30-25(13-9-15-28(30)40-31)34-35-29(37)19-39-22-10-5-4-6-11-22/h4-8,10-12,14,16-18H,3,9,13,15,19H2,1-2H3,(H,33,38)(H,35,37)/b34-25+. The Morgan fingerprint density at radius 3 is 2.58 bits per heavy atom. The Hall–Kier alpha value is -4.85. The molecule has 0 saturated heterocycles. The Labute approximate surface area is 231 Å². The van der Waals surface area contributed by atoms with Crippen LogP contribution in [-0.4, -0.2) is 28.7 Å². The van der Waals surface area contributed by atoms with Crippen LogP contribution < -0.4 is 15.5 Å². The summed E-state index contributed by atoms with van der Waals surface area (Å²) in [4.78, 5) is 25.7. The van der Waals surface area contributed by atoms with E-state index in [1.165, 1.54) is 5.52 Å². The molecule has 202 valence electrons. The number of furan rings is 1. The first kappa shape index (κ1) is 25.4. The molecule has 6 rings (SSSR count). The van der Waals surface area contributed by atoms with E-state index >= 15 is 0 Å². The molecule has 8 heteroatoms. The van der Waals surface area contributed by atoms with Crippen molar-refractivity contribution in [2.24, 2.45) is 5.10 Å². The number of amides is 2. The van der Waals surface area contributed by atoms with E-state index in [2.05, 4.69) is 39.5 Å². The van der Waals surface area contributed by atoms with Crippen LogP contribution in [0, 0.1) is 6.92 Å². The molecular weight excluding hydrogens is 504 g/mol. The summed E-state index contributed by atoms with van der Waals surface area (Å²) in [5, 5.41) is 9.63. The highest BCUT2D eigenvalue weighted by molar-refractivity contribution is 6.12. The number of hydrogen-bond donors (Lipinski definition) is 2. The van der Waals surface area contributed by atoms with Gasteiger partial charge >= 0.3 is 0 Å². The number of nitrogens with one attached hydrogen (secondary N) is 2. The highest BCUT2D eigenvalue weighted by atomic mass is 16.5. The SMILES string of the molecule is CCn1c2ccccc2c2cc(NC(=O)c3oc4c(c3C)/C(=N/NC(=O)COc3ccccc3)CCC4)ccc21. The monoisotopic (exact) mass is 534 g/mol. The first-order valence-electron chi connectivity index (χ1n) is 13.5. The second kappa shape index (κ2) is 10.7. The van der Waals surface area contributed by atoms with Crippen molar-refractivity contribution in [2.75, 3.05) is 11.9 Å². The van der Waals surface area contributed by atoms with E-state index in [1.807, 2.05) is 55.5 Å². The zero-order valence-electron chi connectivity index (χ0n) is 22.5. The zero-order chi connectivity index (χ0) is 27.6. The van der Waals surface area contributed by atoms with Gasteiger partial charge in [0, 0.05) is 51.6 Å². The lowest BCUT2D eigenvalue weighted by Gasteiger charge is -2.13. The summed E-state index contributed by atoms with van der Waals surface area (Å²) >= 11 is 0. The van der Waals surface area contributed by atoms with Gasteiger partial charge in [0.2, 0.25) is 0 Å². The van der Waals surface area contributed by atoms with Crippen molar-refractivity contribution in [1.82, 2.24) is 9.99 Å².